The summed E-state index contributed by atoms with van der Waals surface area (Å²) in [5.74, 6) is 0.0808. The summed E-state index contributed by atoms with van der Waals surface area (Å²) in [6.07, 6.45) is 5.61. The van der Waals surface area contributed by atoms with Gasteiger partial charge in [0.1, 0.15) is 5.41 Å². The maximum atomic E-state index is 12.8. The first-order chi connectivity index (χ1) is 9.51. The number of hydrogen-bond acceptors (Lipinski definition) is 4. The third-order valence-corrected chi connectivity index (χ3v) is 4.97. The van der Waals surface area contributed by atoms with Gasteiger partial charge < -0.3 is 20.7 Å². The quantitative estimate of drug-likeness (QED) is 0.346. The predicted octanol–water partition coefficient (Wildman–Crippen LogP) is 0.846. The van der Waals surface area contributed by atoms with E-state index in [2.05, 4.69) is 17.1 Å². The molecule has 0 aromatic heterocycles. The summed E-state index contributed by atoms with van der Waals surface area (Å²) in [5.41, 5.74) is 5.05. The Hall–Kier alpha value is -1.30. The van der Waals surface area contributed by atoms with E-state index >= 15 is 0 Å². The Morgan fingerprint density at radius 3 is 2.60 bits per heavy atom. The second-order valence-corrected chi connectivity index (χ2v) is 6.24. The van der Waals surface area contributed by atoms with Crippen LogP contribution in [0.2, 0.25) is 0 Å². The van der Waals surface area contributed by atoms with E-state index in [0.717, 1.165) is 32.4 Å². The first-order valence-electron chi connectivity index (χ1n) is 7.45. The average molecular weight is 282 g/mol. The molecule has 114 valence electrons. The van der Waals surface area contributed by atoms with Crippen LogP contribution in [0.3, 0.4) is 0 Å². The average Bonchev–Trinajstić information content (AvgIpc) is 3.08. The fraction of sp³-hybridized carbons (Fsp3) is 0.857. The van der Waals surface area contributed by atoms with Gasteiger partial charge in [0, 0.05) is 19.6 Å². The summed E-state index contributed by atoms with van der Waals surface area (Å²) in [5, 5.41) is 12.1. The van der Waals surface area contributed by atoms with Crippen LogP contribution in [0.1, 0.15) is 38.5 Å². The number of carbonyl (C=O) groups is 1. The highest BCUT2D eigenvalue weighted by atomic mass is 16.4. The standard InChI is InChI=1S/C14H26N4O2/c1-17-9-5-6-11(17)10-18(2)13(19)14(12(15)16-20)7-3-4-8-14/h11,20H,3-10H2,1-2H3,(H2,15,16). The number of hydrogen-bond donors (Lipinski definition) is 2. The van der Waals surface area contributed by atoms with Crippen molar-refractivity contribution in [1.82, 2.24) is 9.80 Å². The van der Waals surface area contributed by atoms with Gasteiger partial charge in [-0.05, 0) is 39.3 Å². The van der Waals surface area contributed by atoms with Gasteiger partial charge in [-0.1, -0.05) is 18.0 Å². The van der Waals surface area contributed by atoms with Gasteiger partial charge in [0.05, 0.1) is 0 Å². The number of likely N-dealkylation sites (tertiary alicyclic amines) is 1. The lowest BCUT2D eigenvalue weighted by molar-refractivity contribution is -0.137. The van der Waals surface area contributed by atoms with Crippen LogP contribution in [0.15, 0.2) is 5.16 Å². The second kappa shape index (κ2) is 5.99. The van der Waals surface area contributed by atoms with Gasteiger partial charge in [-0.25, -0.2) is 0 Å². The molecule has 1 aliphatic heterocycles. The number of nitrogens with two attached hydrogens (primary N) is 1. The zero-order valence-corrected chi connectivity index (χ0v) is 12.5. The number of amidine groups is 1. The molecule has 1 atom stereocenters. The Labute approximate surface area is 120 Å². The van der Waals surface area contributed by atoms with Gasteiger partial charge in [-0.15, -0.1) is 0 Å². The lowest BCUT2D eigenvalue weighted by Crippen LogP contribution is -2.51. The first kappa shape index (κ1) is 15.1. The van der Waals surface area contributed by atoms with Crippen LogP contribution in [0.5, 0.6) is 0 Å². The second-order valence-electron chi connectivity index (χ2n) is 6.24. The lowest BCUT2D eigenvalue weighted by Gasteiger charge is -2.33. The molecular weight excluding hydrogens is 256 g/mol. The lowest BCUT2D eigenvalue weighted by atomic mass is 9.83. The molecule has 0 radical (unpaired) electrons. The number of nitrogens with zero attached hydrogens (tertiary/aromatic N) is 3. The van der Waals surface area contributed by atoms with Crippen molar-refractivity contribution in [3.63, 3.8) is 0 Å². The van der Waals surface area contributed by atoms with Crippen molar-refractivity contribution in [2.24, 2.45) is 16.3 Å². The summed E-state index contributed by atoms with van der Waals surface area (Å²) in [6, 6.07) is 0.426. The van der Waals surface area contributed by atoms with Crippen LogP contribution in [0.25, 0.3) is 0 Å². The van der Waals surface area contributed by atoms with E-state index in [0.29, 0.717) is 18.9 Å². The normalized spacial score (nSPS) is 26.9. The number of oxime groups is 1. The van der Waals surface area contributed by atoms with Crippen molar-refractivity contribution in [3.05, 3.63) is 0 Å². The minimum Gasteiger partial charge on any atom is -0.409 e. The SMILES string of the molecule is CN(CC1CCCN1C)C(=O)C1(C(N)=NO)CCCC1. The molecule has 6 nitrogen and oxygen atoms in total. The molecule has 2 rings (SSSR count). The molecule has 6 heteroatoms. The van der Waals surface area contributed by atoms with Crippen LogP contribution in [-0.4, -0.2) is 60.0 Å². The topological polar surface area (TPSA) is 82.2 Å². The largest absolute Gasteiger partial charge is 0.409 e. The molecule has 0 bridgehead atoms. The zero-order valence-electron chi connectivity index (χ0n) is 12.5. The van der Waals surface area contributed by atoms with Crippen molar-refractivity contribution in [2.45, 2.75) is 44.6 Å². The molecule has 3 N–H and O–H groups in total. The molecule has 0 aromatic carbocycles. The van der Waals surface area contributed by atoms with Gasteiger partial charge in [0.2, 0.25) is 5.91 Å². The molecule has 1 amide bonds. The Morgan fingerprint density at radius 1 is 1.45 bits per heavy atom. The van der Waals surface area contributed by atoms with Gasteiger partial charge in [-0.3, -0.25) is 4.79 Å². The number of carbonyl (C=O) groups excluding carboxylic acids is 1. The maximum absolute atomic E-state index is 12.8. The number of likely N-dealkylation sites (N-methyl/N-ethyl adjacent to an activating group) is 2. The summed E-state index contributed by atoms with van der Waals surface area (Å²) in [7, 11) is 3.93. The van der Waals surface area contributed by atoms with Crippen LogP contribution >= 0.6 is 0 Å². The molecule has 1 heterocycles. The van der Waals surface area contributed by atoms with E-state index in [1.54, 1.807) is 4.90 Å². The summed E-state index contributed by atoms with van der Waals surface area (Å²) in [6.45, 7) is 1.81. The van der Waals surface area contributed by atoms with Crippen LogP contribution < -0.4 is 5.73 Å². The molecule has 1 aliphatic carbocycles. The van der Waals surface area contributed by atoms with E-state index in [9.17, 15) is 4.79 Å². The van der Waals surface area contributed by atoms with Gasteiger partial charge >= 0.3 is 0 Å². The molecule has 1 saturated heterocycles. The smallest absolute Gasteiger partial charge is 0.236 e. The van der Waals surface area contributed by atoms with Gasteiger partial charge in [0.15, 0.2) is 5.84 Å². The van der Waals surface area contributed by atoms with Crippen molar-refractivity contribution in [1.29, 1.82) is 0 Å². The highest BCUT2D eigenvalue weighted by Gasteiger charge is 2.47. The zero-order chi connectivity index (χ0) is 14.8. The van der Waals surface area contributed by atoms with Crippen molar-refractivity contribution >= 4 is 11.7 Å². The van der Waals surface area contributed by atoms with E-state index < -0.39 is 5.41 Å². The Kier molecular flexibility index (Phi) is 4.52. The van der Waals surface area contributed by atoms with Crippen LogP contribution in [-0.2, 0) is 4.79 Å². The highest BCUT2D eigenvalue weighted by Crippen LogP contribution is 2.40. The molecule has 0 spiro atoms. The van der Waals surface area contributed by atoms with Crippen molar-refractivity contribution in [2.75, 3.05) is 27.2 Å². The fourth-order valence-corrected chi connectivity index (χ4v) is 3.63. The first-order valence-corrected chi connectivity index (χ1v) is 7.45. The number of amides is 1. The third-order valence-electron chi connectivity index (χ3n) is 4.97. The number of rotatable bonds is 4. The molecule has 2 aliphatic rings. The van der Waals surface area contributed by atoms with Crippen LogP contribution in [0, 0.1) is 5.41 Å². The Bertz CT molecular complexity index is 391. The van der Waals surface area contributed by atoms with Crippen molar-refractivity contribution < 1.29 is 10.0 Å². The van der Waals surface area contributed by atoms with Gasteiger partial charge in [-0.2, -0.15) is 0 Å². The molecule has 1 unspecified atom stereocenters. The van der Waals surface area contributed by atoms with Gasteiger partial charge in [0.25, 0.3) is 0 Å². The Morgan fingerprint density at radius 2 is 2.10 bits per heavy atom. The summed E-state index contributed by atoms with van der Waals surface area (Å²) >= 11 is 0. The Balaban J connectivity index is 2.08. The predicted molar refractivity (Wildman–Crippen MR) is 77.6 cm³/mol. The minimum absolute atomic E-state index is 0.00519. The highest BCUT2D eigenvalue weighted by molar-refractivity contribution is 6.06. The molecule has 1 saturated carbocycles. The fourth-order valence-electron chi connectivity index (χ4n) is 3.63. The minimum atomic E-state index is -0.777. The molecule has 20 heavy (non-hydrogen) atoms. The van der Waals surface area contributed by atoms with E-state index in [4.69, 9.17) is 10.9 Å². The third kappa shape index (κ3) is 2.61. The van der Waals surface area contributed by atoms with Crippen LogP contribution in [0.4, 0.5) is 0 Å². The maximum Gasteiger partial charge on any atom is 0.236 e. The molecule has 0 aromatic rings. The van der Waals surface area contributed by atoms with E-state index in [-0.39, 0.29) is 11.7 Å². The van der Waals surface area contributed by atoms with Crippen molar-refractivity contribution in [3.8, 4) is 0 Å². The van der Waals surface area contributed by atoms with E-state index in [1.807, 2.05) is 7.05 Å². The molecule has 2 fully saturated rings. The molecular formula is C14H26N4O2. The summed E-state index contributed by atoms with van der Waals surface area (Å²) < 4.78 is 0. The monoisotopic (exact) mass is 282 g/mol. The van der Waals surface area contributed by atoms with E-state index in [1.165, 1.54) is 6.42 Å². The summed E-state index contributed by atoms with van der Waals surface area (Å²) in [4.78, 5) is 16.9.